The molecule has 2 atom stereocenters. The fourth-order valence-corrected chi connectivity index (χ4v) is 3.43. The minimum absolute atomic E-state index is 0.187. The van der Waals surface area contributed by atoms with E-state index in [1.165, 1.54) is 26.4 Å². The third-order valence-electron chi connectivity index (χ3n) is 5.11. The highest BCUT2D eigenvalue weighted by Gasteiger charge is 2.37. The van der Waals surface area contributed by atoms with Crippen molar-refractivity contribution in [3.8, 4) is 11.5 Å². The molecule has 2 unspecified atom stereocenters. The van der Waals surface area contributed by atoms with Gasteiger partial charge < -0.3 is 19.3 Å². The average molecular weight is 402 g/mol. The second-order valence-electron chi connectivity index (χ2n) is 7.78. The number of benzene rings is 1. The van der Waals surface area contributed by atoms with Crippen molar-refractivity contribution in [2.45, 2.75) is 45.8 Å². The zero-order valence-corrected chi connectivity index (χ0v) is 17.8. The van der Waals surface area contributed by atoms with Crippen LogP contribution < -0.4 is 9.47 Å². The van der Waals surface area contributed by atoms with E-state index in [0.29, 0.717) is 36.5 Å². The second kappa shape index (κ2) is 9.37. The van der Waals surface area contributed by atoms with Crippen LogP contribution in [0.4, 0.5) is 0 Å². The van der Waals surface area contributed by atoms with Crippen molar-refractivity contribution in [3.63, 3.8) is 0 Å². The summed E-state index contributed by atoms with van der Waals surface area (Å²) in [5, 5.41) is 9.49. The molecule has 0 radical (unpaired) electrons. The number of hydrogen-bond acceptors (Lipinski definition) is 6. The Labute approximate surface area is 172 Å². The van der Waals surface area contributed by atoms with Crippen LogP contribution in [-0.4, -0.2) is 43.6 Å². The van der Waals surface area contributed by atoms with Gasteiger partial charge in [-0.3, -0.25) is 9.59 Å². The van der Waals surface area contributed by atoms with E-state index in [1.54, 1.807) is 19.1 Å². The first-order valence-electron chi connectivity index (χ1n) is 9.66. The lowest BCUT2D eigenvalue weighted by Crippen LogP contribution is -2.25. The Bertz CT molecular complexity index is 819. The van der Waals surface area contributed by atoms with Gasteiger partial charge in [-0.1, -0.05) is 19.9 Å². The molecule has 29 heavy (non-hydrogen) atoms. The van der Waals surface area contributed by atoms with Crippen LogP contribution >= 0.6 is 0 Å². The molecule has 158 valence electrons. The first kappa shape index (κ1) is 22.8. The number of carbonyl (C=O) groups is 2. The fraction of sp³-hybridized carbons (Fsp3) is 0.478. The van der Waals surface area contributed by atoms with E-state index in [2.05, 4.69) is 6.58 Å². The van der Waals surface area contributed by atoms with Crippen molar-refractivity contribution in [1.82, 2.24) is 0 Å². The van der Waals surface area contributed by atoms with E-state index in [-0.39, 0.29) is 22.7 Å². The van der Waals surface area contributed by atoms with Crippen LogP contribution in [0.2, 0.25) is 0 Å². The molecule has 1 N–H and O–H groups in total. The summed E-state index contributed by atoms with van der Waals surface area (Å²) in [6.07, 6.45) is 4.65. The Morgan fingerprint density at radius 1 is 1.14 bits per heavy atom. The van der Waals surface area contributed by atoms with Gasteiger partial charge in [-0.05, 0) is 38.0 Å². The van der Waals surface area contributed by atoms with Crippen LogP contribution in [0.3, 0.4) is 0 Å². The lowest BCUT2D eigenvalue weighted by Gasteiger charge is -2.34. The molecule has 0 aromatic heterocycles. The monoisotopic (exact) mass is 402 g/mol. The first-order valence-corrected chi connectivity index (χ1v) is 9.66. The van der Waals surface area contributed by atoms with Gasteiger partial charge in [0, 0.05) is 17.6 Å². The summed E-state index contributed by atoms with van der Waals surface area (Å²) in [5.74, 6) is -0.0190. The lowest BCUT2D eigenvalue weighted by atomic mass is 9.80. The number of ketones is 2. The molecule has 1 aliphatic rings. The third kappa shape index (κ3) is 4.77. The Hall–Kier alpha value is -2.44. The average Bonchev–Trinajstić information content (AvgIpc) is 2.69. The number of ether oxygens (including phenoxy) is 3. The number of fused-ring (bicyclic) bond motifs is 1. The van der Waals surface area contributed by atoms with Gasteiger partial charge in [-0.15, -0.1) is 6.58 Å². The highest BCUT2D eigenvalue weighted by molar-refractivity contribution is 6.24. The molecule has 1 aliphatic carbocycles. The first-order chi connectivity index (χ1) is 13.7. The molecule has 0 saturated heterocycles. The SMILES string of the molecule is C=CC(C)(C)C(OCCCC(C)O)c1cc(OC)c2c(c1OC)C(=O)C=CC2=O. The zero-order valence-electron chi connectivity index (χ0n) is 17.8. The molecule has 1 aromatic carbocycles. The lowest BCUT2D eigenvalue weighted by molar-refractivity contribution is -0.0134. The van der Waals surface area contributed by atoms with E-state index in [0.717, 1.165) is 0 Å². The highest BCUT2D eigenvalue weighted by Crippen LogP contribution is 2.46. The molecule has 0 bridgehead atoms. The van der Waals surface area contributed by atoms with Crippen LogP contribution in [0.15, 0.2) is 30.9 Å². The van der Waals surface area contributed by atoms with Gasteiger partial charge >= 0.3 is 0 Å². The van der Waals surface area contributed by atoms with Crippen LogP contribution in [0.5, 0.6) is 11.5 Å². The second-order valence-corrected chi connectivity index (χ2v) is 7.78. The van der Waals surface area contributed by atoms with Gasteiger partial charge in [0.15, 0.2) is 11.6 Å². The number of methoxy groups -OCH3 is 2. The van der Waals surface area contributed by atoms with Gasteiger partial charge in [-0.2, -0.15) is 0 Å². The van der Waals surface area contributed by atoms with E-state index in [9.17, 15) is 14.7 Å². The minimum atomic E-state index is -0.505. The Kier molecular flexibility index (Phi) is 7.38. The number of hydrogen-bond donors (Lipinski definition) is 1. The Morgan fingerprint density at radius 3 is 2.28 bits per heavy atom. The smallest absolute Gasteiger partial charge is 0.190 e. The van der Waals surface area contributed by atoms with Crippen molar-refractivity contribution in [1.29, 1.82) is 0 Å². The zero-order chi connectivity index (χ0) is 21.8. The van der Waals surface area contributed by atoms with E-state index < -0.39 is 17.6 Å². The summed E-state index contributed by atoms with van der Waals surface area (Å²) in [6.45, 7) is 10.0. The van der Waals surface area contributed by atoms with Crippen molar-refractivity contribution >= 4 is 11.6 Å². The Morgan fingerprint density at radius 2 is 1.76 bits per heavy atom. The molecular formula is C23H30O6. The maximum atomic E-state index is 12.6. The molecule has 0 heterocycles. The normalized spacial score (nSPS) is 15.7. The predicted molar refractivity (Wildman–Crippen MR) is 111 cm³/mol. The number of aliphatic hydroxyl groups excluding tert-OH is 1. The summed E-state index contributed by atoms with van der Waals surface area (Å²) in [5.41, 5.74) is 0.493. The van der Waals surface area contributed by atoms with Gasteiger partial charge in [0.05, 0.1) is 37.6 Å². The van der Waals surface area contributed by atoms with Crippen LogP contribution in [0.1, 0.15) is 66.0 Å². The fourth-order valence-electron chi connectivity index (χ4n) is 3.43. The molecular weight excluding hydrogens is 372 g/mol. The molecule has 0 spiro atoms. The molecule has 0 aliphatic heterocycles. The quantitative estimate of drug-likeness (QED) is 0.469. The van der Waals surface area contributed by atoms with Crippen LogP contribution in [0, 0.1) is 5.41 Å². The summed E-state index contributed by atoms with van der Waals surface area (Å²) in [6, 6.07) is 1.70. The maximum absolute atomic E-state index is 12.6. The molecule has 2 rings (SSSR count). The van der Waals surface area contributed by atoms with Crippen molar-refractivity contribution < 1.29 is 28.9 Å². The minimum Gasteiger partial charge on any atom is -0.496 e. The number of allylic oxidation sites excluding steroid dienone is 2. The van der Waals surface area contributed by atoms with E-state index in [1.807, 2.05) is 13.8 Å². The summed E-state index contributed by atoms with van der Waals surface area (Å²) in [4.78, 5) is 25.1. The largest absolute Gasteiger partial charge is 0.496 e. The topological polar surface area (TPSA) is 82.1 Å². The van der Waals surface area contributed by atoms with E-state index >= 15 is 0 Å². The van der Waals surface area contributed by atoms with Crippen molar-refractivity contribution in [2.75, 3.05) is 20.8 Å². The number of rotatable bonds is 10. The van der Waals surface area contributed by atoms with Gasteiger partial charge in [0.2, 0.25) is 0 Å². The van der Waals surface area contributed by atoms with Gasteiger partial charge in [0.1, 0.15) is 11.5 Å². The van der Waals surface area contributed by atoms with Gasteiger partial charge in [-0.25, -0.2) is 0 Å². The number of carbonyl (C=O) groups excluding carboxylic acids is 2. The Balaban J connectivity index is 2.61. The molecule has 6 heteroatoms. The third-order valence-corrected chi connectivity index (χ3v) is 5.11. The maximum Gasteiger partial charge on any atom is 0.190 e. The van der Waals surface area contributed by atoms with Crippen molar-refractivity contribution in [3.05, 3.63) is 47.6 Å². The summed E-state index contributed by atoms with van der Waals surface area (Å²) in [7, 11) is 2.92. The number of aliphatic hydroxyl groups is 1. The highest BCUT2D eigenvalue weighted by atomic mass is 16.5. The molecule has 1 aromatic rings. The molecule has 0 fully saturated rings. The predicted octanol–water partition coefficient (Wildman–Crippen LogP) is 4.07. The van der Waals surface area contributed by atoms with Gasteiger partial charge in [0.25, 0.3) is 0 Å². The van der Waals surface area contributed by atoms with Crippen molar-refractivity contribution in [2.24, 2.45) is 5.41 Å². The van der Waals surface area contributed by atoms with E-state index in [4.69, 9.17) is 14.2 Å². The summed E-state index contributed by atoms with van der Waals surface area (Å²) < 4.78 is 17.3. The molecule has 0 amide bonds. The standard InChI is InChI=1S/C23H30O6/c1-7-23(3,4)22(29-12-8-9-14(2)24)15-13-18(27-5)19-16(25)10-11-17(26)20(19)21(15)28-6/h7,10-11,13-14,22,24H,1,8-9,12H2,2-6H3. The van der Waals surface area contributed by atoms with Crippen LogP contribution in [0.25, 0.3) is 0 Å². The molecule has 0 saturated carbocycles. The summed E-state index contributed by atoms with van der Waals surface area (Å²) >= 11 is 0. The molecule has 6 nitrogen and oxygen atoms in total. The van der Waals surface area contributed by atoms with Crippen LogP contribution in [-0.2, 0) is 4.74 Å².